The average molecular weight is 441 g/mol. The number of carboxylic acid groups (broad SMARTS) is 1. The van der Waals surface area contributed by atoms with Crippen LogP contribution in [0.25, 0.3) is 0 Å². The number of hydrogen-bond donors (Lipinski definition) is 3. The lowest BCUT2D eigenvalue weighted by molar-refractivity contribution is -0.148. The molecule has 0 aromatic heterocycles. The van der Waals surface area contributed by atoms with E-state index in [-0.39, 0.29) is 19.1 Å². The summed E-state index contributed by atoms with van der Waals surface area (Å²) in [6.07, 6.45) is 0. The van der Waals surface area contributed by atoms with Gasteiger partial charge >= 0.3 is 5.97 Å². The van der Waals surface area contributed by atoms with Crippen molar-refractivity contribution in [3.63, 3.8) is 0 Å². The molecule has 0 unspecified atom stereocenters. The lowest BCUT2D eigenvalue weighted by atomic mass is 9.82. The molecule has 2 aromatic carbocycles. The van der Waals surface area contributed by atoms with Gasteiger partial charge in [0.2, 0.25) is 11.8 Å². The first-order chi connectivity index (χ1) is 15.1. The molecule has 0 radical (unpaired) electrons. The largest absolute Gasteiger partial charge is 0.481 e. The zero-order valence-corrected chi connectivity index (χ0v) is 19.0. The van der Waals surface area contributed by atoms with Crippen molar-refractivity contribution < 1.29 is 24.2 Å². The minimum absolute atomic E-state index is 0.155. The second kappa shape index (κ2) is 11.4. The first-order valence-electron chi connectivity index (χ1n) is 10.6. The lowest BCUT2D eigenvalue weighted by Crippen LogP contribution is -2.54. The van der Waals surface area contributed by atoms with E-state index >= 15 is 0 Å². The third-order valence-electron chi connectivity index (χ3n) is 5.23. The molecular formula is C25H32N2O5. The minimum atomic E-state index is -1.14. The second-order valence-electron chi connectivity index (χ2n) is 8.76. The summed E-state index contributed by atoms with van der Waals surface area (Å²) < 4.78 is 5.70. The fourth-order valence-electron chi connectivity index (χ4n) is 3.47. The molecule has 0 fully saturated rings. The van der Waals surface area contributed by atoms with E-state index in [1.807, 2.05) is 51.1 Å². The smallest absolute Gasteiger partial charge is 0.310 e. The SMILES string of the molecule is CNC(=O)[C@@H](NC(=O)[C@H](c1ccccc1)[C@H](COCc1ccccc1)C(=O)O)C(C)(C)C. The third-order valence-corrected chi connectivity index (χ3v) is 5.23. The second-order valence-corrected chi connectivity index (χ2v) is 8.76. The van der Waals surface area contributed by atoms with Crippen molar-refractivity contribution in [3.05, 3.63) is 71.8 Å². The molecule has 7 nitrogen and oxygen atoms in total. The number of carbonyl (C=O) groups is 3. The number of aliphatic carboxylic acids is 1. The van der Waals surface area contributed by atoms with Gasteiger partial charge < -0.3 is 20.5 Å². The molecule has 3 atom stereocenters. The number of benzene rings is 2. The van der Waals surface area contributed by atoms with Gasteiger partial charge in [0, 0.05) is 7.05 Å². The number of carbonyl (C=O) groups excluding carboxylic acids is 2. The van der Waals surface area contributed by atoms with Crippen LogP contribution < -0.4 is 10.6 Å². The fraction of sp³-hybridized carbons (Fsp3) is 0.400. The van der Waals surface area contributed by atoms with Crippen molar-refractivity contribution in [1.29, 1.82) is 0 Å². The van der Waals surface area contributed by atoms with Gasteiger partial charge in [0.15, 0.2) is 0 Å². The molecule has 0 aliphatic heterocycles. The average Bonchev–Trinajstić information content (AvgIpc) is 2.76. The monoisotopic (exact) mass is 440 g/mol. The Morgan fingerprint density at radius 1 is 0.938 bits per heavy atom. The highest BCUT2D eigenvalue weighted by Gasteiger charge is 2.39. The Balaban J connectivity index is 2.29. The highest BCUT2D eigenvalue weighted by Crippen LogP contribution is 2.28. The Morgan fingerprint density at radius 3 is 2.00 bits per heavy atom. The first kappa shape index (κ1) is 25.1. The Hall–Kier alpha value is -3.19. The molecule has 32 heavy (non-hydrogen) atoms. The Labute approximate surface area is 189 Å². The van der Waals surface area contributed by atoms with Crippen molar-refractivity contribution >= 4 is 17.8 Å². The first-order valence-corrected chi connectivity index (χ1v) is 10.6. The molecular weight excluding hydrogens is 408 g/mol. The summed E-state index contributed by atoms with van der Waals surface area (Å²) in [5, 5.41) is 15.3. The van der Waals surface area contributed by atoms with Crippen molar-refractivity contribution in [2.24, 2.45) is 11.3 Å². The maximum Gasteiger partial charge on any atom is 0.310 e. The summed E-state index contributed by atoms with van der Waals surface area (Å²) in [6.45, 7) is 5.58. The zero-order chi connectivity index (χ0) is 23.7. The van der Waals surface area contributed by atoms with E-state index in [4.69, 9.17) is 4.74 Å². The Bertz CT molecular complexity index is 894. The summed E-state index contributed by atoms with van der Waals surface area (Å²) in [4.78, 5) is 38.0. The Morgan fingerprint density at radius 2 is 1.50 bits per heavy atom. The van der Waals surface area contributed by atoms with Crippen molar-refractivity contribution in [2.75, 3.05) is 13.7 Å². The van der Waals surface area contributed by atoms with Crippen LogP contribution in [-0.2, 0) is 25.7 Å². The molecule has 0 saturated heterocycles. The van der Waals surface area contributed by atoms with Crippen LogP contribution in [0.2, 0.25) is 0 Å². The van der Waals surface area contributed by atoms with Crippen molar-refractivity contribution in [2.45, 2.75) is 39.3 Å². The topological polar surface area (TPSA) is 105 Å². The molecule has 0 heterocycles. The van der Waals surface area contributed by atoms with E-state index in [9.17, 15) is 19.5 Å². The third kappa shape index (κ3) is 6.92. The van der Waals surface area contributed by atoms with Crippen LogP contribution in [0.5, 0.6) is 0 Å². The van der Waals surface area contributed by atoms with E-state index in [0.29, 0.717) is 5.56 Å². The maximum absolute atomic E-state index is 13.4. The van der Waals surface area contributed by atoms with E-state index < -0.39 is 35.2 Å². The standard InChI is InChI=1S/C25H32N2O5/c1-25(2,3)21(23(29)26-4)27-22(28)20(18-13-9-6-10-14-18)19(24(30)31)16-32-15-17-11-7-5-8-12-17/h5-14,19-21H,15-16H2,1-4H3,(H,26,29)(H,27,28)(H,30,31)/t19-,20+,21+/m0/s1. The van der Waals surface area contributed by atoms with Crippen LogP contribution in [0.15, 0.2) is 60.7 Å². The molecule has 2 amide bonds. The molecule has 0 aliphatic carbocycles. The summed E-state index contributed by atoms with van der Waals surface area (Å²) in [6, 6.07) is 17.3. The van der Waals surface area contributed by atoms with Gasteiger partial charge in [-0.3, -0.25) is 14.4 Å². The van der Waals surface area contributed by atoms with Gasteiger partial charge in [0.05, 0.1) is 25.0 Å². The zero-order valence-electron chi connectivity index (χ0n) is 19.0. The van der Waals surface area contributed by atoms with Crippen LogP contribution in [-0.4, -0.2) is 42.6 Å². The van der Waals surface area contributed by atoms with Gasteiger partial charge in [-0.15, -0.1) is 0 Å². The maximum atomic E-state index is 13.4. The molecule has 0 spiro atoms. The molecule has 172 valence electrons. The summed E-state index contributed by atoms with van der Waals surface area (Å²) >= 11 is 0. The molecule has 0 aliphatic rings. The number of hydrogen-bond acceptors (Lipinski definition) is 4. The van der Waals surface area contributed by atoms with Crippen molar-refractivity contribution in [3.8, 4) is 0 Å². The quantitative estimate of drug-likeness (QED) is 0.527. The molecule has 0 saturated carbocycles. The van der Waals surface area contributed by atoms with Crippen LogP contribution >= 0.6 is 0 Å². The molecule has 2 aromatic rings. The Kier molecular flexibility index (Phi) is 8.96. The van der Waals surface area contributed by atoms with Gasteiger partial charge in [-0.05, 0) is 16.5 Å². The summed E-state index contributed by atoms with van der Waals surface area (Å²) in [7, 11) is 1.50. The minimum Gasteiger partial charge on any atom is -0.481 e. The van der Waals surface area contributed by atoms with Gasteiger partial charge in [0.25, 0.3) is 0 Å². The molecule has 3 N–H and O–H groups in total. The highest BCUT2D eigenvalue weighted by molar-refractivity contribution is 5.93. The van der Waals surface area contributed by atoms with Crippen molar-refractivity contribution in [1.82, 2.24) is 10.6 Å². The number of carboxylic acids is 1. The van der Waals surface area contributed by atoms with E-state index in [1.54, 1.807) is 30.3 Å². The summed E-state index contributed by atoms with van der Waals surface area (Å²) in [5.41, 5.74) is 0.884. The lowest BCUT2D eigenvalue weighted by Gasteiger charge is -2.32. The normalized spacial score (nSPS) is 14.1. The fourth-order valence-corrected chi connectivity index (χ4v) is 3.47. The van der Waals surface area contributed by atoms with Gasteiger partial charge in [-0.1, -0.05) is 81.4 Å². The number of rotatable bonds is 10. The number of nitrogens with one attached hydrogen (secondary N) is 2. The van der Waals surface area contributed by atoms with Gasteiger partial charge in [-0.2, -0.15) is 0 Å². The van der Waals surface area contributed by atoms with E-state index in [0.717, 1.165) is 5.56 Å². The molecule has 7 heteroatoms. The van der Waals surface area contributed by atoms with E-state index in [2.05, 4.69) is 10.6 Å². The van der Waals surface area contributed by atoms with Crippen LogP contribution in [0.4, 0.5) is 0 Å². The van der Waals surface area contributed by atoms with Crippen LogP contribution in [0, 0.1) is 11.3 Å². The number of ether oxygens (including phenoxy) is 1. The predicted octanol–water partition coefficient (Wildman–Crippen LogP) is 2.96. The highest BCUT2D eigenvalue weighted by atomic mass is 16.5. The van der Waals surface area contributed by atoms with Crippen LogP contribution in [0.1, 0.15) is 37.8 Å². The number of likely N-dealkylation sites (N-methyl/N-ethyl adjacent to an activating group) is 1. The predicted molar refractivity (Wildman–Crippen MR) is 122 cm³/mol. The van der Waals surface area contributed by atoms with Gasteiger partial charge in [0.1, 0.15) is 6.04 Å². The molecule has 0 bridgehead atoms. The van der Waals surface area contributed by atoms with E-state index in [1.165, 1.54) is 7.05 Å². The van der Waals surface area contributed by atoms with Crippen LogP contribution in [0.3, 0.4) is 0 Å². The van der Waals surface area contributed by atoms with Gasteiger partial charge in [-0.25, -0.2) is 0 Å². The summed E-state index contributed by atoms with van der Waals surface area (Å²) in [5.74, 6) is -4.18. The number of amides is 2. The molecule has 2 rings (SSSR count).